The van der Waals surface area contributed by atoms with Crippen LogP contribution in [0.25, 0.3) is 27.4 Å². The topological polar surface area (TPSA) is 52.4 Å². The van der Waals surface area contributed by atoms with E-state index < -0.39 is 0 Å². The lowest BCUT2D eigenvalue weighted by atomic mass is 10.1. The standard InChI is InChI=1S/C24H24N4O2S2/c1-29-18-12-11-16(15-19(18)30-2)21-25-22(27-13-7-4-8-14-27)20-23(26-21)28(24(31)32-20)17-9-5-3-6-10-17/h3,5-6,9-12,15H,4,7-8,13-14H2,1-2H3. The summed E-state index contributed by atoms with van der Waals surface area (Å²) in [7, 11) is 3.27. The number of rotatable bonds is 5. The first-order chi connectivity index (χ1) is 15.7. The highest BCUT2D eigenvalue weighted by Crippen LogP contribution is 2.37. The van der Waals surface area contributed by atoms with Gasteiger partial charge in [-0.1, -0.05) is 29.5 Å². The number of aromatic nitrogens is 3. The van der Waals surface area contributed by atoms with Gasteiger partial charge in [0.1, 0.15) is 4.70 Å². The molecule has 0 saturated carbocycles. The lowest BCUT2D eigenvalue weighted by Gasteiger charge is -2.28. The third kappa shape index (κ3) is 3.73. The van der Waals surface area contributed by atoms with Crippen LogP contribution in [-0.2, 0) is 0 Å². The van der Waals surface area contributed by atoms with Crippen LogP contribution < -0.4 is 14.4 Å². The van der Waals surface area contributed by atoms with Gasteiger partial charge in [-0.15, -0.1) is 0 Å². The van der Waals surface area contributed by atoms with Crippen molar-refractivity contribution in [2.24, 2.45) is 0 Å². The highest BCUT2D eigenvalue weighted by atomic mass is 32.1. The Kier molecular flexibility index (Phi) is 5.80. The van der Waals surface area contributed by atoms with E-state index in [2.05, 4.69) is 21.6 Å². The number of para-hydroxylation sites is 1. The van der Waals surface area contributed by atoms with E-state index in [9.17, 15) is 0 Å². The zero-order valence-corrected chi connectivity index (χ0v) is 19.7. The van der Waals surface area contributed by atoms with Crippen LogP contribution in [0.3, 0.4) is 0 Å². The number of hydrogen-bond acceptors (Lipinski definition) is 7. The second-order valence-electron chi connectivity index (χ2n) is 7.68. The number of thiazole rings is 1. The van der Waals surface area contributed by atoms with Crippen LogP contribution in [0.2, 0.25) is 0 Å². The summed E-state index contributed by atoms with van der Waals surface area (Å²) in [6.07, 6.45) is 3.60. The summed E-state index contributed by atoms with van der Waals surface area (Å²) < 4.78 is 14.8. The average Bonchev–Trinajstić information content (AvgIpc) is 3.19. The Morgan fingerprint density at radius 3 is 2.38 bits per heavy atom. The van der Waals surface area contributed by atoms with Gasteiger partial charge in [-0.25, -0.2) is 9.97 Å². The van der Waals surface area contributed by atoms with Crippen molar-refractivity contribution < 1.29 is 9.47 Å². The molecule has 0 unspecified atom stereocenters. The second kappa shape index (κ2) is 8.88. The molecule has 0 spiro atoms. The molecule has 1 saturated heterocycles. The third-order valence-corrected chi connectivity index (χ3v) is 7.08. The summed E-state index contributed by atoms with van der Waals surface area (Å²) >= 11 is 7.36. The van der Waals surface area contributed by atoms with Crippen molar-refractivity contribution in [3.63, 3.8) is 0 Å². The maximum atomic E-state index is 5.79. The van der Waals surface area contributed by atoms with Crippen molar-refractivity contribution in [3.8, 4) is 28.6 Å². The predicted octanol–water partition coefficient (Wildman–Crippen LogP) is 5.89. The molecule has 2 aromatic carbocycles. The van der Waals surface area contributed by atoms with Crippen LogP contribution in [0, 0.1) is 3.95 Å². The molecule has 1 aliphatic heterocycles. The highest BCUT2D eigenvalue weighted by Gasteiger charge is 2.22. The third-order valence-electron chi connectivity index (χ3n) is 5.73. The Morgan fingerprint density at radius 1 is 0.906 bits per heavy atom. The maximum absolute atomic E-state index is 5.79. The lowest BCUT2D eigenvalue weighted by molar-refractivity contribution is 0.355. The average molecular weight is 465 g/mol. The van der Waals surface area contributed by atoms with Crippen molar-refractivity contribution in [1.82, 2.24) is 14.5 Å². The minimum Gasteiger partial charge on any atom is -0.493 e. The van der Waals surface area contributed by atoms with Gasteiger partial charge in [0, 0.05) is 24.3 Å². The summed E-state index contributed by atoms with van der Waals surface area (Å²) in [6, 6.07) is 15.9. The summed E-state index contributed by atoms with van der Waals surface area (Å²) in [5.41, 5.74) is 2.72. The van der Waals surface area contributed by atoms with E-state index in [4.69, 9.17) is 31.7 Å². The van der Waals surface area contributed by atoms with Gasteiger partial charge in [-0.3, -0.25) is 4.57 Å². The molecule has 0 atom stereocenters. The number of hydrogen-bond donors (Lipinski definition) is 0. The molecule has 3 heterocycles. The first-order valence-electron chi connectivity index (χ1n) is 10.7. The number of ether oxygens (including phenoxy) is 2. The Labute approximate surface area is 196 Å². The Balaban J connectivity index is 1.76. The first kappa shape index (κ1) is 20.9. The van der Waals surface area contributed by atoms with Crippen LogP contribution in [0.15, 0.2) is 48.5 Å². The Hall–Kier alpha value is -2.97. The SMILES string of the molecule is COc1ccc(-c2nc(N3CCCCC3)c3sc(=S)n(-c4ccccc4)c3n2)cc1OC. The van der Waals surface area contributed by atoms with Crippen LogP contribution in [0.4, 0.5) is 5.82 Å². The monoisotopic (exact) mass is 464 g/mol. The molecule has 8 heteroatoms. The zero-order chi connectivity index (χ0) is 22.1. The van der Waals surface area contributed by atoms with Gasteiger partial charge >= 0.3 is 0 Å². The van der Waals surface area contributed by atoms with Crippen LogP contribution in [0.5, 0.6) is 11.5 Å². The van der Waals surface area contributed by atoms with Crippen molar-refractivity contribution in [3.05, 3.63) is 52.5 Å². The number of piperidine rings is 1. The summed E-state index contributed by atoms with van der Waals surface area (Å²) in [6.45, 7) is 1.99. The number of benzene rings is 2. The minimum atomic E-state index is 0.650. The molecular formula is C24H24N4O2S2. The molecule has 0 amide bonds. The van der Waals surface area contributed by atoms with Gasteiger partial charge in [0.2, 0.25) is 0 Å². The predicted molar refractivity (Wildman–Crippen MR) is 132 cm³/mol. The molecular weight excluding hydrogens is 440 g/mol. The summed E-state index contributed by atoms with van der Waals surface area (Å²) in [4.78, 5) is 12.4. The zero-order valence-electron chi connectivity index (χ0n) is 18.1. The molecule has 1 fully saturated rings. The highest BCUT2D eigenvalue weighted by molar-refractivity contribution is 7.73. The van der Waals surface area contributed by atoms with E-state index >= 15 is 0 Å². The van der Waals surface area contributed by atoms with E-state index in [0.717, 1.165) is 44.5 Å². The van der Waals surface area contributed by atoms with Gasteiger partial charge < -0.3 is 14.4 Å². The molecule has 1 aliphatic rings. The molecule has 0 radical (unpaired) electrons. The second-order valence-corrected chi connectivity index (χ2v) is 9.32. The van der Waals surface area contributed by atoms with Crippen LogP contribution >= 0.6 is 23.6 Å². The smallest absolute Gasteiger partial charge is 0.168 e. The van der Waals surface area contributed by atoms with Gasteiger partial charge in [-0.2, -0.15) is 0 Å². The van der Waals surface area contributed by atoms with E-state index in [1.807, 2.05) is 36.4 Å². The molecule has 2 aromatic heterocycles. The van der Waals surface area contributed by atoms with Crippen LogP contribution in [-0.4, -0.2) is 41.8 Å². The molecule has 4 aromatic rings. The number of anilines is 1. The molecule has 0 bridgehead atoms. The largest absolute Gasteiger partial charge is 0.493 e. The normalized spacial score (nSPS) is 14.0. The molecule has 32 heavy (non-hydrogen) atoms. The van der Waals surface area contributed by atoms with Crippen molar-refractivity contribution in [2.75, 3.05) is 32.2 Å². The summed E-state index contributed by atoms with van der Waals surface area (Å²) in [5.74, 6) is 2.94. The summed E-state index contributed by atoms with van der Waals surface area (Å²) in [5, 5.41) is 0. The lowest BCUT2D eigenvalue weighted by Crippen LogP contribution is -2.30. The van der Waals surface area contributed by atoms with E-state index in [1.54, 1.807) is 25.6 Å². The van der Waals surface area contributed by atoms with E-state index in [-0.39, 0.29) is 0 Å². The quantitative estimate of drug-likeness (QED) is 0.344. The maximum Gasteiger partial charge on any atom is 0.168 e. The Bertz CT molecular complexity index is 1310. The van der Waals surface area contributed by atoms with E-state index in [0.29, 0.717) is 17.3 Å². The molecule has 0 aliphatic carbocycles. The van der Waals surface area contributed by atoms with Gasteiger partial charge in [0.15, 0.2) is 32.7 Å². The van der Waals surface area contributed by atoms with Crippen LogP contribution in [0.1, 0.15) is 19.3 Å². The number of methoxy groups -OCH3 is 2. The van der Waals surface area contributed by atoms with Crippen molar-refractivity contribution in [1.29, 1.82) is 0 Å². The fourth-order valence-electron chi connectivity index (χ4n) is 4.12. The fourth-order valence-corrected chi connectivity index (χ4v) is 5.51. The van der Waals surface area contributed by atoms with E-state index in [1.165, 1.54) is 19.3 Å². The number of nitrogens with zero attached hydrogens (tertiary/aromatic N) is 4. The Morgan fingerprint density at radius 2 is 1.66 bits per heavy atom. The van der Waals surface area contributed by atoms with Gasteiger partial charge in [-0.05, 0) is 61.8 Å². The molecule has 6 nitrogen and oxygen atoms in total. The molecule has 0 N–H and O–H groups in total. The van der Waals surface area contributed by atoms with Crippen molar-refractivity contribution in [2.45, 2.75) is 19.3 Å². The van der Waals surface area contributed by atoms with Crippen molar-refractivity contribution >= 4 is 39.7 Å². The van der Waals surface area contributed by atoms with Gasteiger partial charge in [0.25, 0.3) is 0 Å². The van der Waals surface area contributed by atoms with Gasteiger partial charge in [0.05, 0.1) is 14.2 Å². The molecule has 164 valence electrons. The first-order valence-corrected chi connectivity index (χ1v) is 11.9. The number of fused-ring (bicyclic) bond motifs is 1. The fraction of sp³-hybridized carbons (Fsp3) is 0.292. The minimum absolute atomic E-state index is 0.650. The molecule has 5 rings (SSSR count).